The molecule has 15 heavy (non-hydrogen) atoms. The zero-order valence-electron chi connectivity index (χ0n) is 7.38. The van der Waals surface area contributed by atoms with E-state index >= 15 is 0 Å². The number of nitrogens with two attached hydrogens (primary N) is 1. The molecule has 1 rings (SSSR count). The fraction of sp³-hybridized carbons (Fsp3) is 0. The van der Waals surface area contributed by atoms with E-state index in [1.165, 1.54) is 12.1 Å². The Bertz CT molecular complexity index is 411. The summed E-state index contributed by atoms with van der Waals surface area (Å²) in [7, 11) is 0. The van der Waals surface area contributed by atoms with Crippen LogP contribution in [0.15, 0.2) is 18.2 Å². The highest BCUT2D eigenvalue weighted by Crippen LogP contribution is 2.19. The highest BCUT2D eigenvalue weighted by Gasteiger charge is 2.12. The Labute approximate surface area is 89.4 Å². The molecule has 4 N–H and O–H groups in total. The third kappa shape index (κ3) is 2.90. The summed E-state index contributed by atoms with van der Waals surface area (Å²) in [4.78, 5) is 21.7. The van der Waals surface area contributed by atoms with Crippen LogP contribution in [-0.4, -0.2) is 11.8 Å². The topological polar surface area (TPSA) is 84.2 Å². The molecule has 0 fully saturated rings. The van der Waals surface area contributed by atoms with Gasteiger partial charge >= 0.3 is 11.8 Å². The molecule has 0 unspecified atom stereocenters. The standard InChI is InChI=1S/C8H7ClFN3O2/c9-5-3-4(1-2-6(5)10)12-7(14)8(15)13-11/h1-3H,11H2,(H,12,14)(H,13,15). The second-order valence-electron chi connectivity index (χ2n) is 2.56. The van der Waals surface area contributed by atoms with Crippen LogP contribution in [0.5, 0.6) is 0 Å². The minimum Gasteiger partial charge on any atom is -0.318 e. The number of hydrogen-bond donors (Lipinski definition) is 3. The van der Waals surface area contributed by atoms with E-state index < -0.39 is 17.6 Å². The molecule has 5 nitrogen and oxygen atoms in total. The van der Waals surface area contributed by atoms with Crippen molar-refractivity contribution >= 4 is 29.1 Å². The SMILES string of the molecule is NNC(=O)C(=O)Nc1ccc(F)c(Cl)c1. The van der Waals surface area contributed by atoms with Gasteiger partial charge in [0, 0.05) is 5.69 Å². The van der Waals surface area contributed by atoms with Gasteiger partial charge in [0.1, 0.15) is 5.82 Å². The second kappa shape index (κ2) is 4.72. The molecule has 0 aliphatic carbocycles. The van der Waals surface area contributed by atoms with Crippen molar-refractivity contribution in [2.75, 3.05) is 5.32 Å². The van der Waals surface area contributed by atoms with E-state index in [4.69, 9.17) is 17.4 Å². The van der Waals surface area contributed by atoms with Gasteiger partial charge in [-0.2, -0.15) is 0 Å². The summed E-state index contributed by atoms with van der Waals surface area (Å²) >= 11 is 5.46. The number of amides is 2. The van der Waals surface area contributed by atoms with Gasteiger partial charge in [0.15, 0.2) is 0 Å². The maximum atomic E-state index is 12.7. The summed E-state index contributed by atoms with van der Waals surface area (Å²) in [6.45, 7) is 0. The van der Waals surface area contributed by atoms with Crippen LogP contribution in [0.2, 0.25) is 5.02 Å². The van der Waals surface area contributed by atoms with Gasteiger partial charge in [-0.05, 0) is 18.2 Å². The Morgan fingerprint density at radius 1 is 1.33 bits per heavy atom. The van der Waals surface area contributed by atoms with Crippen molar-refractivity contribution in [1.82, 2.24) is 5.43 Å². The first-order valence-corrected chi connectivity index (χ1v) is 4.19. The molecule has 0 saturated carbocycles. The van der Waals surface area contributed by atoms with E-state index in [2.05, 4.69) is 5.32 Å². The Morgan fingerprint density at radius 2 is 2.00 bits per heavy atom. The average molecular weight is 232 g/mol. The molecular formula is C8H7ClFN3O2. The zero-order valence-corrected chi connectivity index (χ0v) is 8.14. The predicted octanol–water partition coefficient (Wildman–Crippen LogP) is 0.407. The predicted molar refractivity (Wildman–Crippen MR) is 52.4 cm³/mol. The van der Waals surface area contributed by atoms with Crippen molar-refractivity contribution in [3.8, 4) is 0 Å². The van der Waals surface area contributed by atoms with Crippen molar-refractivity contribution in [3.05, 3.63) is 29.0 Å². The van der Waals surface area contributed by atoms with E-state index in [0.29, 0.717) is 0 Å². The fourth-order valence-corrected chi connectivity index (χ4v) is 1.01. The number of halogens is 2. The van der Waals surface area contributed by atoms with Crippen LogP contribution in [0.3, 0.4) is 0 Å². The molecule has 0 saturated heterocycles. The molecule has 2 amide bonds. The molecular weight excluding hydrogens is 225 g/mol. The fourth-order valence-electron chi connectivity index (χ4n) is 0.827. The lowest BCUT2D eigenvalue weighted by atomic mass is 10.3. The van der Waals surface area contributed by atoms with E-state index in [1.54, 1.807) is 5.43 Å². The summed E-state index contributed by atoms with van der Waals surface area (Å²) in [6.07, 6.45) is 0. The number of benzene rings is 1. The summed E-state index contributed by atoms with van der Waals surface area (Å²) in [5.74, 6) is 2.16. The number of hydrogen-bond acceptors (Lipinski definition) is 3. The molecule has 1 aromatic rings. The van der Waals surface area contributed by atoms with Gasteiger partial charge in [-0.25, -0.2) is 10.2 Å². The average Bonchev–Trinajstić information content (AvgIpc) is 2.22. The van der Waals surface area contributed by atoms with Crippen molar-refractivity contribution in [2.45, 2.75) is 0 Å². The number of rotatable bonds is 1. The molecule has 0 heterocycles. The van der Waals surface area contributed by atoms with Crippen LogP contribution in [0.4, 0.5) is 10.1 Å². The highest BCUT2D eigenvalue weighted by atomic mass is 35.5. The van der Waals surface area contributed by atoms with Crippen LogP contribution < -0.4 is 16.6 Å². The van der Waals surface area contributed by atoms with Crippen molar-refractivity contribution in [1.29, 1.82) is 0 Å². The first-order chi connectivity index (χ1) is 7.04. The molecule has 0 atom stereocenters. The zero-order chi connectivity index (χ0) is 11.4. The quantitative estimate of drug-likeness (QED) is 0.283. The molecule has 1 aromatic carbocycles. The van der Waals surface area contributed by atoms with E-state index in [9.17, 15) is 14.0 Å². The summed E-state index contributed by atoms with van der Waals surface area (Å²) < 4.78 is 12.7. The van der Waals surface area contributed by atoms with Crippen molar-refractivity contribution in [2.24, 2.45) is 5.84 Å². The van der Waals surface area contributed by atoms with Crippen molar-refractivity contribution in [3.63, 3.8) is 0 Å². The third-order valence-corrected chi connectivity index (χ3v) is 1.80. The normalized spacial score (nSPS) is 9.53. The van der Waals surface area contributed by atoms with Gasteiger partial charge in [-0.3, -0.25) is 15.0 Å². The summed E-state index contributed by atoms with van der Waals surface area (Å²) in [5.41, 5.74) is 1.86. The Kier molecular flexibility index (Phi) is 3.59. The van der Waals surface area contributed by atoms with Crippen LogP contribution in [0, 0.1) is 5.82 Å². The lowest BCUT2D eigenvalue weighted by Crippen LogP contribution is -2.39. The van der Waals surface area contributed by atoms with E-state index in [1.807, 2.05) is 0 Å². The van der Waals surface area contributed by atoms with Crippen LogP contribution in [-0.2, 0) is 9.59 Å². The largest absolute Gasteiger partial charge is 0.323 e. The minimum atomic E-state index is -1.00. The number of carbonyl (C=O) groups excluding carboxylic acids is 2. The number of nitrogens with one attached hydrogen (secondary N) is 2. The first kappa shape index (κ1) is 11.4. The highest BCUT2D eigenvalue weighted by molar-refractivity contribution is 6.39. The molecule has 0 aliphatic heterocycles. The number of anilines is 1. The molecule has 7 heteroatoms. The number of hydrazine groups is 1. The molecule has 0 bridgehead atoms. The first-order valence-electron chi connectivity index (χ1n) is 3.81. The monoisotopic (exact) mass is 231 g/mol. The maximum absolute atomic E-state index is 12.7. The van der Waals surface area contributed by atoms with Crippen LogP contribution in [0.25, 0.3) is 0 Å². The molecule has 0 aromatic heterocycles. The minimum absolute atomic E-state index is 0.152. The molecule has 0 spiro atoms. The number of carbonyl (C=O) groups is 2. The molecule has 80 valence electrons. The molecule has 0 aliphatic rings. The third-order valence-electron chi connectivity index (χ3n) is 1.51. The maximum Gasteiger partial charge on any atom is 0.323 e. The summed E-state index contributed by atoms with van der Waals surface area (Å²) in [6, 6.07) is 3.51. The van der Waals surface area contributed by atoms with Gasteiger partial charge in [0.25, 0.3) is 0 Å². The summed E-state index contributed by atoms with van der Waals surface area (Å²) in [5, 5.41) is 2.03. The second-order valence-corrected chi connectivity index (χ2v) is 2.96. The van der Waals surface area contributed by atoms with Crippen molar-refractivity contribution < 1.29 is 14.0 Å². The molecule has 0 radical (unpaired) electrons. The van der Waals surface area contributed by atoms with Gasteiger partial charge in [0.05, 0.1) is 5.02 Å². The lowest BCUT2D eigenvalue weighted by Gasteiger charge is -2.04. The van der Waals surface area contributed by atoms with E-state index in [-0.39, 0.29) is 10.7 Å². The van der Waals surface area contributed by atoms with Gasteiger partial charge < -0.3 is 5.32 Å². The van der Waals surface area contributed by atoms with Gasteiger partial charge in [-0.1, -0.05) is 11.6 Å². The van der Waals surface area contributed by atoms with E-state index in [0.717, 1.165) is 6.07 Å². The Morgan fingerprint density at radius 3 is 2.53 bits per heavy atom. The van der Waals surface area contributed by atoms with Crippen LogP contribution in [0.1, 0.15) is 0 Å². The lowest BCUT2D eigenvalue weighted by molar-refractivity contribution is -0.136. The smallest absolute Gasteiger partial charge is 0.318 e. The Balaban J connectivity index is 2.77. The van der Waals surface area contributed by atoms with Gasteiger partial charge in [0.2, 0.25) is 0 Å². The van der Waals surface area contributed by atoms with Crippen LogP contribution >= 0.6 is 11.6 Å². The Hall–Kier alpha value is -1.66. The van der Waals surface area contributed by atoms with Gasteiger partial charge in [-0.15, -0.1) is 0 Å².